The Balaban J connectivity index is 1.55. The van der Waals surface area contributed by atoms with Crippen LogP contribution in [0.5, 0.6) is 0 Å². The lowest BCUT2D eigenvalue weighted by molar-refractivity contribution is 0.0953. The van der Waals surface area contributed by atoms with Gasteiger partial charge < -0.3 is 10.6 Å². The predicted octanol–water partition coefficient (Wildman–Crippen LogP) is 4.00. The summed E-state index contributed by atoms with van der Waals surface area (Å²) in [6.45, 7) is 2.49. The summed E-state index contributed by atoms with van der Waals surface area (Å²) in [7, 11) is 0. The minimum atomic E-state index is -0.340. The van der Waals surface area contributed by atoms with Gasteiger partial charge in [-0.15, -0.1) is 0 Å². The van der Waals surface area contributed by atoms with Crippen molar-refractivity contribution < 1.29 is 9.59 Å². The molecule has 5 nitrogen and oxygen atoms in total. The van der Waals surface area contributed by atoms with Crippen LogP contribution in [0.25, 0.3) is 0 Å². The maximum Gasteiger partial charge on any atom is 0.274 e. The molecule has 0 saturated heterocycles. The van der Waals surface area contributed by atoms with Gasteiger partial charge in [0, 0.05) is 24.0 Å². The number of carbonyl (C=O) groups excluding carboxylic acids is 2. The maximum atomic E-state index is 12.5. The van der Waals surface area contributed by atoms with Crippen molar-refractivity contribution in [1.82, 2.24) is 10.3 Å². The number of carbonyl (C=O) groups is 2. The Morgan fingerprint density at radius 1 is 0.929 bits per heavy atom. The van der Waals surface area contributed by atoms with Gasteiger partial charge in [-0.1, -0.05) is 48.5 Å². The van der Waals surface area contributed by atoms with Crippen LogP contribution in [0.4, 0.5) is 5.69 Å². The molecular formula is C23H23N3O2. The van der Waals surface area contributed by atoms with Gasteiger partial charge in [0.05, 0.1) is 0 Å². The van der Waals surface area contributed by atoms with Gasteiger partial charge in [0.25, 0.3) is 11.8 Å². The number of aryl methyl sites for hydroxylation is 2. The predicted molar refractivity (Wildman–Crippen MR) is 110 cm³/mol. The Hall–Kier alpha value is -3.47. The summed E-state index contributed by atoms with van der Waals surface area (Å²) in [5.74, 6) is -0.548. The number of rotatable bonds is 7. The molecule has 2 N–H and O–H groups in total. The van der Waals surface area contributed by atoms with Crippen molar-refractivity contribution in [3.8, 4) is 0 Å². The fourth-order valence-corrected chi connectivity index (χ4v) is 2.84. The number of amides is 2. The smallest absolute Gasteiger partial charge is 0.274 e. The fourth-order valence-electron chi connectivity index (χ4n) is 2.84. The second kappa shape index (κ2) is 9.46. The number of pyridine rings is 1. The normalized spacial score (nSPS) is 10.3. The van der Waals surface area contributed by atoms with E-state index in [4.69, 9.17) is 0 Å². The molecule has 0 bridgehead atoms. The molecule has 0 radical (unpaired) electrons. The molecule has 0 saturated carbocycles. The third-order valence-electron chi connectivity index (χ3n) is 4.42. The minimum absolute atomic E-state index is 0.208. The van der Waals surface area contributed by atoms with E-state index >= 15 is 0 Å². The van der Waals surface area contributed by atoms with Gasteiger partial charge in [0.1, 0.15) is 5.69 Å². The quantitative estimate of drug-likeness (QED) is 0.615. The van der Waals surface area contributed by atoms with E-state index in [1.807, 2.05) is 49.4 Å². The number of benzene rings is 2. The summed E-state index contributed by atoms with van der Waals surface area (Å²) >= 11 is 0. The van der Waals surface area contributed by atoms with Crippen LogP contribution in [-0.4, -0.2) is 23.3 Å². The number of nitrogens with zero attached hydrogens (tertiary/aromatic N) is 1. The molecule has 0 aliphatic rings. The Morgan fingerprint density at radius 3 is 2.46 bits per heavy atom. The molecule has 1 heterocycles. The van der Waals surface area contributed by atoms with Gasteiger partial charge in [-0.2, -0.15) is 0 Å². The number of aromatic nitrogens is 1. The van der Waals surface area contributed by atoms with E-state index in [9.17, 15) is 9.59 Å². The lowest BCUT2D eigenvalue weighted by Crippen LogP contribution is -2.25. The Bertz CT molecular complexity index is 955. The summed E-state index contributed by atoms with van der Waals surface area (Å²) in [5.41, 5.74) is 3.56. The van der Waals surface area contributed by atoms with Crippen molar-refractivity contribution in [2.24, 2.45) is 0 Å². The van der Waals surface area contributed by atoms with Crippen molar-refractivity contribution in [3.05, 3.63) is 95.3 Å². The van der Waals surface area contributed by atoms with E-state index in [0.29, 0.717) is 12.1 Å². The van der Waals surface area contributed by atoms with Gasteiger partial charge in [0.15, 0.2) is 0 Å². The summed E-state index contributed by atoms with van der Waals surface area (Å²) < 4.78 is 0. The third kappa shape index (κ3) is 5.27. The van der Waals surface area contributed by atoms with Crippen LogP contribution in [0.2, 0.25) is 0 Å². The van der Waals surface area contributed by atoms with Gasteiger partial charge >= 0.3 is 0 Å². The number of nitrogens with one attached hydrogen (secondary N) is 2. The van der Waals surface area contributed by atoms with E-state index in [-0.39, 0.29) is 17.5 Å². The second-order valence-electron chi connectivity index (χ2n) is 6.54. The highest BCUT2D eigenvalue weighted by Crippen LogP contribution is 2.14. The molecule has 3 rings (SSSR count). The molecule has 0 fully saturated rings. The van der Waals surface area contributed by atoms with Gasteiger partial charge in [-0.3, -0.25) is 14.6 Å². The zero-order valence-corrected chi connectivity index (χ0v) is 15.8. The van der Waals surface area contributed by atoms with E-state index in [1.54, 1.807) is 6.07 Å². The van der Waals surface area contributed by atoms with Crippen LogP contribution in [0.15, 0.2) is 72.9 Å². The molecule has 0 aliphatic carbocycles. The first-order valence-electron chi connectivity index (χ1n) is 9.28. The van der Waals surface area contributed by atoms with Crippen LogP contribution in [0, 0.1) is 6.92 Å². The highest BCUT2D eigenvalue weighted by Gasteiger charge is 2.12. The number of hydrogen-bond acceptors (Lipinski definition) is 3. The summed E-state index contributed by atoms with van der Waals surface area (Å²) in [6, 6.07) is 20.8. The van der Waals surface area contributed by atoms with E-state index < -0.39 is 0 Å². The molecule has 0 unspecified atom stereocenters. The molecule has 1 aromatic heterocycles. The monoisotopic (exact) mass is 373 g/mol. The van der Waals surface area contributed by atoms with E-state index in [1.165, 1.54) is 17.8 Å². The maximum absolute atomic E-state index is 12.5. The van der Waals surface area contributed by atoms with Crippen LogP contribution in [0.3, 0.4) is 0 Å². The summed E-state index contributed by atoms with van der Waals surface area (Å²) in [6.07, 6.45) is 3.23. The Kier molecular flexibility index (Phi) is 6.52. The van der Waals surface area contributed by atoms with Crippen molar-refractivity contribution in [2.45, 2.75) is 19.8 Å². The first-order chi connectivity index (χ1) is 13.6. The van der Waals surface area contributed by atoms with Crippen molar-refractivity contribution >= 4 is 17.5 Å². The number of hydrogen-bond donors (Lipinski definition) is 2. The third-order valence-corrected chi connectivity index (χ3v) is 4.42. The average molecular weight is 373 g/mol. The lowest BCUT2D eigenvalue weighted by atomic mass is 10.1. The molecule has 28 heavy (non-hydrogen) atoms. The SMILES string of the molecule is Cc1ccccc1NC(=O)c1cc(C(=O)NCCCc2ccccc2)ccn1. The van der Waals surface area contributed by atoms with Crippen molar-refractivity contribution in [2.75, 3.05) is 11.9 Å². The molecule has 0 spiro atoms. The van der Waals surface area contributed by atoms with Crippen molar-refractivity contribution in [3.63, 3.8) is 0 Å². The summed E-state index contributed by atoms with van der Waals surface area (Å²) in [5, 5.41) is 5.73. The molecular weight excluding hydrogens is 350 g/mol. The number of anilines is 1. The molecule has 0 atom stereocenters. The zero-order chi connectivity index (χ0) is 19.8. The molecule has 142 valence electrons. The van der Waals surface area contributed by atoms with Crippen LogP contribution < -0.4 is 10.6 Å². The highest BCUT2D eigenvalue weighted by atomic mass is 16.2. The first kappa shape index (κ1) is 19.3. The minimum Gasteiger partial charge on any atom is -0.352 e. The summed E-state index contributed by atoms with van der Waals surface area (Å²) in [4.78, 5) is 28.9. The molecule has 2 aromatic carbocycles. The number of para-hydroxylation sites is 1. The Morgan fingerprint density at radius 2 is 1.68 bits per heavy atom. The first-order valence-corrected chi connectivity index (χ1v) is 9.28. The molecule has 3 aromatic rings. The molecule has 5 heteroatoms. The van der Waals surface area contributed by atoms with Gasteiger partial charge in [-0.05, 0) is 49.1 Å². The van der Waals surface area contributed by atoms with E-state index in [2.05, 4.69) is 27.8 Å². The second-order valence-corrected chi connectivity index (χ2v) is 6.54. The zero-order valence-electron chi connectivity index (χ0n) is 15.8. The van der Waals surface area contributed by atoms with Gasteiger partial charge in [0.2, 0.25) is 0 Å². The topological polar surface area (TPSA) is 71.1 Å². The lowest BCUT2D eigenvalue weighted by Gasteiger charge is -2.09. The van der Waals surface area contributed by atoms with Crippen LogP contribution in [-0.2, 0) is 6.42 Å². The van der Waals surface area contributed by atoms with E-state index in [0.717, 1.165) is 24.1 Å². The van der Waals surface area contributed by atoms with Crippen molar-refractivity contribution in [1.29, 1.82) is 0 Å². The fraction of sp³-hybridized carbons (Fsp3) is 0.174. The molecule has 2 amide bonds. The average Bonchev–Trinajstić information content (AvgIpc) is 2.73. The Labute approximate surface area is 164 Å². The van der Waals surface area contributed by atoms with Crippen LogP contribution >= 0.6 is 0 Å². The standard InChI is InChI=1S/C23H23N3O2/c1-17-8-5-6-12-20(17)26-23(28)21-16-19(13-15-24-21)22(27)25-14-7-11-18-9-3-2-4-10-18/h2-6,8-10,12-13,15-16H,7,11,14H2,1H3,(H,25,27)(H,26,28). The largest absolute Gasteiger partial charge is 0.352 e. The van der Waals surface area contributed by atoms with Crippen LogP contribution in [0.1, 0.15) is 38.4 Å². The van der Waals surface area contributed by atoms with Gasteiger partial charge in [-0.25, -0.2) is 0 Å². The highest BCUT2D eigenvalue weighted by molar-refractivity contribution is 6.05. The molecule has 0 aliphatic heterocycles.